The number of hydrogen-bond donors (Lipinski definition) is 1. The molecule has 2 fully saturated rings. The molecule has 1 N–H and O–H groups in total. The van der Waals surface area contributed by atoms with Crippen LogP contribution in [0.2, 0.25) is 0 Å². The molecule has 2 heterocycles. The van der Waals surface area contributed by atoms with Gasteiger partial charge in [0.1, 0.15) is 0 Å². The van der Waals surface area contributed by atoms with E-state index in [0.29, 0.717) is 11.5 Å². The second-order valence-electron chi connectivity index (χ2n) is 10.3. The minimum atomic E-state index is -0.160. The summed E-state index contributed by atoms with van der Waals surface area (Å²) in [6.07, 6.45) is 7.08. The third-order valence-electron chi connectivity index (χ3n) is 7.71. The second kappa shape index (κ2) is 10.8. The van der Waals surface area contributed by atoms with Crippen molar-refractivity contribution in [3.63, 3.8) is 0 Å². The minimum absolute atomic E-state index is 0.0546. The Labute approximate surface area is 212 Å². The third-order valence-corrected chi connectivity index (χ3v) is 7.71. The molecule has 1 saturated heterocycles. The molecule has 5 rings (SSSR count). The number of ether oxygens (including phenoxy) is 1. The molecule has 7 nitrogen and oxygen atoms in total. The molecule has 1 saturated carbocycles. The van der Waals surface area contributed by atoms with Crippen LogP contribution in [0, 0.1) is 12.8 Å². The number of carbonyl (C=O) groups is 2. The van der Waals surface area contributed by atoms with E-state index in [1.54, 1.807) is 0 Å². The maximum Gasteiger partial charge on any atom is 0.308 e. The fourth-order valence-corrected chi connectivity index (χ4v) is 5.77. The highest BCUT2D eigenvalue weighted by Crippen LogP contribution is 2.37. The average Bonchev–Trinajstić information content (AvgIpc) is 3.26. The van der Waals surface area contributed by atoms with Crippen molar-refractivity contribution < 1.29 is 14.3 Å². The molecular weight excluding hydrogens is 452 g/mol. The van der Waals surface area contributed by atoms with Crippen LogP contribution in [0.25, 0.3) is 11.0 Å². The molecule has 0 unspecified atom stereocenters. The Morgan fingerprint density at radius 2 is 1.81 bits per heavy atom. The molecule has 1 aliphatic heterocycles. The van der Waals surface area contributed by atoms with Gasteiger partial charge in [-0.2, -0.15) is 0 Å². The minimum Gasteiger partial charge on any atom is -0.469 e. The molecule has 0 radical (unpaired) electrons. The van der Waals surface area contributed by atoms with E-state index in [4.69, 9.17) is 9.72 Å². The fraction of sp³-hybridized carbons (Fsp3) is 0.483. The van der Waals surface area contributed by atoms with E-state index in [1.165, 1.54) is 31.9 Å². The fourth-order valence-electron chi connectivity index (χ4n) is 5.77. The van der Waals surface area contributed by atoms with Crippen LogP contribution in [0.5, 0.6) is 0 Å². The lowest BCUT2D eigenvalue weighted by Gasteiger charge is -2.29. The summed E-state index contributed by atoms with van der Waals surface area (Å²) < 4.78 is 7.19. The molecule has 7 heteroatoms. The number of imidazole rings is 1. The summed E-state index contributed by atoms with van der Waals surface area (Å²) in [6.45, 7) is 5.20. The van der Waals surface area contributed by atoms with E-state index in [2.05, 4.69) is 33.0 Å². The number of aromatic nitrogens is 2. The Hall–Kier alpha value is -3.19. The summed E-state index contributed by atoms with van der Waals surface area (Å²) >= 11 is 0. The number of rotatable bonds is 6. The summed E-state index contributed by atoms with van der Waals surface area (Å²) in [5.41, 5.74) is 4.86. The van der Waals surface area contributed by atoms with Crippen LogP contribution in [0.4, 0.5) is 5.95 Å². The van der Waals surface area contributed by atoms with Crippen LogP contribution in [0.1, 0.15) is 72.5 Å². The van der Waals surface area contributed by atoms with Gasteiger partial charge in [0, 0.05) is 18.2 Å². The zero-order valence-electron chi connectivity index (χ0n) is 21.3. The lowest BCUT2D eigenvalue weighted by atomic mass is 9.86. The molecule has 190 valence electrons. The Balaban J connectivity index is 1.46. The van der Waals surface area contributed by atoms with Crippen LogP contribution >= 0.6 is 0 Å². The Bertz CT molecular complexity index is 1240. The first kappa shape index (κ1) is 24.5. The van der Waals surface area contributed by atoms with Crippen LogP contribution in [-0.2, 0) is 16.1 Å². The number of esters is 1. The van der Waals surface area contributed by atoms with E-state index < -0.39 is 0 Å². The normalized spacial score (nSPS) is 20.8. The van der Waals surface area contributed by atoms with Gasteiger partial charge in [0.25, 0.3) is 5.91 Å². The number of hydrogen-bond acceptors (Lipinski definition) is 5. The summed E-state index contributed by atoms with van der Waals surface area (Å²) in [7, 11) is 1.46. The van der Waals surface area contributed by atoms with Gasteiger partial charge in [-0.15, -0.1) is 0 Å². The second-order valence-corrected chi connectivity index (χ2v) is 10.3. The first-order valence-corrected chi connectivity index (χ1v) is 13.2. The van der Waals surface area contributed by atoms with Crippen molar-refractivity contribution in [2.75, 3.05) is 25.5 Å². The van der Waals surface area contributed by atoms with Crippen LogP contribution in [-0.4, -0.2) is 46.5 Å². The van der Waals surface area contributed by atoms with Gasteiger partial charge < -0.3 is 9.30 Å². The summed E-state index contributed by atoms with van der Waals surface area (Å²) in [5.74, 6) is 0.238. The van der Waals surface area contributed by atoms with Crippen LogP contribution in [0.3, 0.4) is 0 Å². The number of benzene rings is 2. The largest absolute Gasteiger partial charge is 0.469 e. The Kier molecular flexibility index (Phi) is 7.37. The summed E-state index contributed by atoms with van der Waals surface area (Å²) in [6, 6.07) is 14.2. The number of aryl methyl sites for hydroxylation is 1. The maximum atomic E-state index is 13.2. The van der Waals surface area contributed by atoms with Gasteiger partial charge in [-0.1, -0.05) is 30.2 Å². The van der Waals surface area contributed by atoms with Crippen molar-refractivity contribution in [1.82, 2.24) is 14.5 Å². The molecule has 1 aromatic heterocycles. The predicted octanol–water partition coefficient (Wildman–Crippen LogP) is 5.49. The number of piperidine rings is 1. The zero-order chi connectivity index (χ0) is 25.1. The topological polar surface area (TPSA) is 76.5 Å². The number of carbonyl (C=O) groups excluding carboxylic acids is 2. The highest BCUT2D eigenvalue weighted by molar-refractivity contribution is 6.04. The first-order chi connectivity index (χ1) is 17.5. The van der Waals surface area contributed by atoms with Crippen LogP contribution < -0.4 is 5.32 Å². The molecule has 0 bridgehead atoms. The highest BCUT2D eigenvalue weighted by Gasteiger charge is 2.30. The first-order valence-electron chi connectivity index (χ1n) is 13.2. The molecule has 0 atom stereocenters. The highest BCUT2D eigenvalue weighted by atomic mass is 16.5. The van der Waals surface area contributed by atoms with Gasteiger partial charge in [0.2, 0.25) is 5.95 Å². The van der Waals surface area contributed by atoms with Gasteiger partial charge in [-0.3, -0.25) is 19.8 Å². The van der Waals surface area contributed by atoms with E-state index in [1.807, 2.05) is 31.2 Å². The van der Waals surface area contributed by atoms with E-state index >= 15 is 0 Å². The summed E-state index contributed by atoms with van der Waals surface area (Å²) in [4.78, 5) is 32.6. The Morgan fingerprint density at radius 1 is 1.03 bits per heavy atom. The van der Waals surface area contributed by atoms with Crippen molar-refractivity contribution in [1.29, 1.82) is 0 Å². The lowest BCUT2D eigenvalue weighted by Crippen LogP contribution is -2.29. The number of likely N-dealkylation sites (tertiary alicyclic amines) is 1. The summed E-state index contributed by atoms with van der Waals surface area (Å²) in [5, 5.41) is 3.10. The molecular formula is C29H36N4O3. The number of fused-ring (bicyclic) bond motifs is 1. The maximum absolute atomic E-state index is 13.2. The van der Waals surface area contributed by atoms with Gasteiger partial charge in [-0.05, 0) is 88.4 Å². The Morgan fingerprint density at radius 3 is 2.53 bits per heavy atom. The van der Waals surface area contributed by atoms with Crippen molar-refractivity contribution in [3.8, 4) is 0 Å². The predicted molar refractivity (Wildman–Crippen MR) is 141 cm³/mol. The van der Waals surface area contributed by atoms with Crippen molar-refractivity contribution >= 4 is 28.9 Å². The number of nitrogens with zero attached hydrogens (tertiary/aromatic N) is 3. The SMILES string of the molecule is COC(=O)[C@H]1CC[C@@H](n2c(NC(=O)c3cccc(C)c3)nc3ccc(CN4CCCCC4)cc32)CC1. The molecule has 0 spiro atoms. The van der Waals surface area contributed by atoms with E-state index in [9.17, 15) is 9.59 Å². The number of anilines is 1. The third kappa shape index (κ3) is 5.31. The smallest absolute Gasteiger partial charge is 0.308 e. The molecule has 1 aliphatic carbocycles. The lowest BCUT2D eigenvalue weighted by molar-refractivity contribution is -0.146. The molecule has 3 aromatic rings. The van der Waals surface area contributed by atoms with Crippen molar-refractivity contribution in [3.05, 3.63) is 59.2 Å². The van der Waals surface area contributed by atoms with Gasteiger partial charge in [-0.25, -0.2) is 4.98 Å². The molecule has 36 heavy (non-hydrogen) atoms. The standard InChI is InChI=1S/C29H36N4O3/c1-20-7-6-8-23(17-20)27(34)31-29-30-25-14-9-21(19-32-15-4-3-5-16-32)18-26(25)33(29)24-12-10-22(11-13-24)28(35)36-2/h6-9,14,17-18,22,24H,3-5,10-13,15-16,19H2,1-2H3,(H,30,31,34)/t22-,24+. The van der Waals surface area contributed by atoms with E-state index in [-0.39, 0.29) is 23.8 Å². The molecule has 1 amide bonds. The number of methoxy groups -OCH3 is 1. The van der Waals surface area contributed by atoms with Gasteiger partial charge >= 0.3 is 5.97 Å². The van der Waals surface area contributed by atoms with E-state index in [0.717, 1.165) is 61.9 Å². The monoisotopic (exact) mass is 488 g/mol. The zero-order valence-corrected chi connectivity index (χ0v) is 21.3. The van der Waals surface area contributed by atoms with Gasteiger partial charge in [0.15, 0.2) is 0 Å². The number of nitrogens with one attached hydrogen (secondary N) is 1. The van der Waals surface area contributed by atoms with Gasteiger partial charge in [0.05, 0.1) is 24.1 Å². The van der Waals surface area contributed by atoms with Crippen LogP contribution in [0.15, 0.2) is 42.5 Å². The molecule has 2 aromatic carbocycles. The number of amides is 1. The van der Waals surface area contributed by atoms with Crippen molar-refractivity contribution in [2.45, 2.75) is 64.5 Å². The van der Waals surface area contributed by atoms with Crippen molar-refractivity contribution in [2.24, 2.45) is 5.92 Å². The quantitative estimate of drug-likeness (QED) is 0.465. The molecule has 2 aliphatic rings. The average molecular weight is 489 g/mol.